The number of hydrogen-bond donors (Lipinski definition) is 0. The van der Waals surface area contributed by atoms with Crippen molar-refractivity contribution >= 4 is 23.2 Å². The van der Waals surface area contributed by atoms with Gasteiger partial charge in [0, 0.05) is 44.0 Å². The molecular formula is C29H41N3O2S. The molecule has 1 aromatic heterocycles. The molecule has 5 nitrogen and oxygen atoms in total. The Morgan fingerprint density at radius 2 is 1.74 bits per heavy atom. The molecule has 0 N–H and O–H groups in total. The predicted octanol–water partition coefficient (Wildman–Crippen LogP) is 5.42. The van der Waals surface area contributed by atoms with Gasteiger partial charge in [0.2, 0.25) is 11.8 Å². The second-order valence-corrected chi connectivity index (χ2v) is 11.1. The molecule has 1 fully saturated rings. The lowest BCUT2D eigenvalue weighted by molar-refractivity contribution is -0.138. The van der Waals surface area contributed by atoms with Gasteiger partial charge in [0.15, 0.2) is 0 Å². The standard InChI is InChI=1S/C29H41N3O2S/c1-4-5-6-7-13-27(33)30-16-10-17-31(20-19-30)29(34)23(3)32-18-14-26-25(15-21-35-26)28(32)24-12-9-8-11-22(24)2/h8-9,11-12,15,21,23,28H,4-7,10,13-14,16-20H2,1-3H3/t23-,28-/m0/s1. The van der Waals surface area contributed by atoms with E-state index in [0.29, 0.717) is 19.5 Å². The fourth-order valence-corrected chi connectivity index (χ4v) is 6.55. The first kappa shape index (κ1) is 25.9. The van der Waals surface area contributed by atoms with Crippen molar-refractivity contribution in [2.75, 3.05) is 32.7 Å². The molecule has 1 saturated heterocycles. The Morgan fingerprint density at radius 3 is 2.54 bits per heavy atom. The zero-order valence-corrected chi connectivity index (χ0v) is 22.5. The zero-order chi connectivity index (χ0) is 24.8. The molecule has 0 spiro atoms. The van der Waals surface area contributed by atoms with Gasteiger partial charge in [0.25, 0.3) is 0 Å². The molecule has 2 atom stereocenters. The van der Waals surface area contributed by atoms with Crippen LogP contribution in [0.15, 0.2) is 35.7 Å². The molecule has 190 valence electrons. The van der Waals surface area contributed by atoms with E-state index >= 15 is 0 Å². The lowest BCUT2D eigenvalue weighted by Crippen LogP contribution is -2.51. The second-order valence-electron chi connectivity index (χ2n) is 10.1. The SMILES string of the molecule is CCCCCCC(=O)N1CCCN(C(=O)[C@H](C)N2CCc3sccc3[C@@H]2c2ccccc2C)CC1. The van der Waals surface area contributed by atoms with E-state index in [2.05, 4.69) is 61.4 Å². The maximum absolute atomic E-state index is 13.8. The third-order valence-corrected chi connectivity index (χ3v) is 8.74. The average Bonchev–Trinajstić information content (AvgIpc) is 3.21. The normalized spacial score (nSPS) is 19.8. The number of amides is 2. The zero-order valence-electron chi connectivity index (χ0n) is 21.7. The van der Waals surface area contributed by atoms with Crippen molar-refractivity contribution in [2.24, 2.45) is 0 Å². The molecule has 0 aliphatic carbocycles. The lowest BCUT2D eigenvalue weighted by Gasteiger charge is -2.41. The van der Waals surface area contributed by atoms with Crippen LogP contribution in [0.4, 0.5) is 0 Å². The summed E-state index contributed by atoms with van der Waals surface area (Å²) >= 11 is 1.83. The van der Waals surface area contributed by atoms with Gasteiger partial charge in [-0.3, -0.25) is 14.5 Å². The first-order valence-corrected chi connectivity index (χ1v) is 14.3. The number of hydrogen-bond acceptors (Lipinski definition) is 4. The van der Waals surface area contributed by atoms with Crippen LogP contribution in [0.2, 0.25) is 0 Å². The number of carbonyl (C=O) groups is 2. The summed E-state index contributed by atoms with van der Waals surface area (Å²) in [7, 11) is 0. The molecule has 2 aromatic rings. The Hall–Kier alpha value is -2.18. The summed E-state index contributed by atoms with van der Waals surface area (Å²) in [5.74, 6) is 0.448. The van der Waals surface area contributed by atoms with Gasteiger partial charge in [-0.1, -0.05) is 50.5 Å². The van der Waals surface area contributed by atoms with Gasteiger partial charge in [0.05, 0.1) is 12.1 Å². The highest BCUT2D eigenvalue weighted by atomic mass is 32.1. The van der Waals surface area contributed by atoms with E-state index in [9.17, 15) is 9.59 Å². The van der Waals surface area contributed by atoms with Crippen molar-refractivity contribution in [3.05, 3.63) is 57.3 Å². The summed E-state index contributed by atoms with van der Waals surface area (Å²) in [5.41, 5.74) is 3.91. The van der Waals surface area contributed by atoms with Crippen molar-refractivity contribution in [2.45, 2.75) is 77.8 Å². The number of carbonyl (C=O) groups excluding carboxylic acids is 2. The molecule has 4 rings (SSSR count). The highest BCUT2D eigenvalue weighted by Gasteiger charge is 2.37. The molecule has 0 radical (unpaired) electrons. The first-order chi connectivity index (χ1) is 17.0. The topological polar surface area (TPSA) is 43.9 Å². The monoisotopic (exact) mass is 495 g/mol. The molecule has 2 aliphatic rings. The largest absolute Gasteiger partial charge is 0.341 e. The number of rotatable bonds is 8. The number of unbranched alkanes of at least 4 members (excludes halogenated alkanes) is 3. The van der Waals surface area contributed by atoms with Crippen molar-refractivity contribution in [1.82, 2.24) is 14.7 Å². The van der Waals surface area contributed by atoms with E-state index in [-0.39, 0.29) is 23.9 Å². The minimum absolute atomic E-state index is 0.110. The van der Waals surface area contributed by atoms with Crippen molar-refractivity contribution in [3.63, 3.8) is 0 Å². The third kappa shape index (κ3) is 5.97. The van der Waals surface area contributed by atoms with Crippen LogP contribution in [0.25, 0.3) is 0 Å². The molecular weight excluding hydrogens is 454 g/mol. The van der Waals surface area contributed by atoms with Gasteiger partial charge in [-0.2, -0.15) is 0 Å². The average molecular weight is 496 g/mol. The quantitative estimate of drug-likeness (QED) is 0.459. The predicted molar refractivity (Wildman–Crippen MR) is 144 cm³/mol. The summed E-state index contributed by atoms with van der Waals surface area (Å²) < 4.78 is 0. The van der Waals surface area contributed by atoms with Crippen LogP contribution in [-0.4, -0.2) is 65.3 Å². The van der Waals surface area contributed by atoms with E-state index in [0.717, 1.165) is 45.3 Å². The number of aryl methyl sites for hydroxylation is 1. The van der Waals surface area contributed by atoms with Crippen LogP contribution < -0.4 is 0 Å². The Balaban J connectivity index is 1.44. The van der Waals surface area contributed by atoms with Gasteiger partial charge in [-0.25, -0.2) is 0 Å². The van der Waals surface area contributed by atoms with Gasteiger partial charge >= 0.3 is 0 Å². The van der Waals surface area contributed by atoms with Gasteiger partial charge < -0.3 is 9.80 Å². The molecule has 0 unspecified atom stereocenters. The van der Waals surface area contributed by atoms with Crippen LogP contribution >= 0.6 is 11.3 Å². The fourth-order valence-electron chi connectivity index (χ4n) is 5.65. The lowest BCUT2D eigenvalue weighted by atomic mass is 9.89. The summed E-state index contributed by atoms with van der Waals surface area (Å²) in [6, 6.07) is 10.7. The van der Waals surface area contributed by atoms with Gasteiger partial charge in [-0.15, -0.1) is 11.3 Å². The van der Waals surface area contributed by atoms with Crippen LogP contribution in [0.1, 0.15) is 80.0 Å². The summed E-state index contributed by atoms with van der Waals surface area (Å²) in [6.07, 6.45) is 6.97. The molecule has 35 heavy (non-hydrogen) atoms. The Kier molecular flexibility index (Phi) is 9.01. The van der Waals surface area contributed by atoms with Gasteiger partial charge in [0.1, 0.15) is 0 Å². The van der Waals surface area contributed by atoms with Gasteiger partial charge in [-0.05, 0) is 61.2 Å². The van der Waals surface area contributed by atoms with E-state index in [1.165, 1.54) is 34.4 Å². The third-order valence-electron chi connectivity index (χ3n) is 7.75. The maximum Gasteiger partial charge on any atom is 0.239 e. The van der Waals surface area contributed by atoms with E-state index in [1.54, 1.807) is 0 Å². The highest BCUT2D eigenvalue weighted by Crippen LogP contribution is 2.40. The summed E-state index contributed by atoms with van der Waals surface area (Å²) in [6.45, 7) is 10.1. The van der Waals surface area contributed by atoms with Crippen molar-refractivity contribution in [1.29, 1.82) is 0 Å². The Morgan fingerprint density at radius 1 is 0.971 bits per heavy atom. The van der Waals surface area contributed by atoms with Crippen molar-refractivity contribution in [3.8, 4) is 0 Å². The number of benzene rings is 1. The summed E-state index contributed by atoms with van der Waals surface area (Å²) in [5, 5.41) is 2.19. The van der Waals surface area contributed by atoms with Crippen LogP contribution in [0.5, 0.6) is 0 Å². The van der Waals surface area contributed by atoms with Crippen LogP contribution in [0.3, 0.4) is 0 Å². The molecule has 6 heteroatoms. The number of thiophene rings is 1. The second kappa shape index (κ2) is 12.2. The summed E-state index contributed by atoms with van der Waals surface area (Å²) in [4.78, 5) is 34.3. The molecule has 2 amide bonds. The minimum Gasteiger partial charge on any atom is -0.341 e. The molecule has 0 bridgehead atoms. The fraction of sp³-hybridized carbons (Fsp3) is 0.586. The van der Waals surface area contributed by atoms with E-state index in [1.807, 2.05) is 21.1 Å². The maximum atomic E-state index is 13.8. The molecule has 0 saturated carbocycles. The van der Waals surface area contributed by atoms with E-state index < -0.39 is 0 Å². The first-order valence-electron chi connectivity index (χ1n) is 13.4. The van der Waals surface area contributed by atoms with Crippen LogP contribution in [0, 0.1) is 6.92 Å². The smallest absolute Gasteiger partial charge is 0.239 e. The molecule has 1 aromatic carbocycles. The minimum atomic E-state index is -0.205. The Labute approximate surface area is 215 Å². The van der Waals surface area contributed by atoms with Crippen molar-refractivity contribution < 1.29 is 9.59 Å². The molecule has 2 aliphatic heterocycles. The van der Waals surface area contributed by atoms with Crippen LogP contribution in [-0.2, 0) is 16.0 Å². The van der Waals surface area contributed by atoms with E-state index in [4.69, 9.17) is 0 Å². The number of nitrogens with zero attached hydrogens (tertiary/aromatic N) is 3. The molecule has 3 heterocycles. The number of fused-ring (bicyclic) bond motifs is 1. The Bertz CT molecular complexity index is 1000. The highest BCUT2D eigenvalue weighted by molar-refractivity contribution is 7.10.